The molecule has 0 aliphatic heterocycles. The lowest BCUT2D eigenvalue weighted by Crippen LogP contribution is -1.98. The van der Waals surface area contributed by atoms with Crippen LogP contribution in [0.1, 0.15) is 36.3 Å². The van der Waals surface area contributed by atoms with Gasteiger partial charge in [0.05, 0.1) is 5.56 Å². The van der Waals surface area contributed by atoms with E-state index in [1.54, 1.807) is 12.1 Å². The minimum absolute atomic E-state index is 0.320. The van der Waals surface area contributed by atoms with Crippen molar-refractivity contribution < 1.29 is 9.90 Å². The quantitative estimate of drug-likeness (QED) is 0.843. The van der Waals surface area contributed by atoms with Gasteiger partial charge in [-0.05, 0) is 37.1 Å². The van der Waals surface area contributed by atoms with Gasteiger partial charge < -0.3 is 9.67 Å². The van der Waals surface area contributed by atoms with Crippen LogP contribution in [0.2, 0.25) is 0 Å². The Morgan fingerprint density at radius 2 is 2.10 bits per heavy atom. The molecular weight excluding hydrogens is 250 g/mol. The van der Waals surface area contributed by atoms with E-state index in [0.29, 0.717) is 5.56 Å². The number of aromatic nitrogens is 1. The van der Waals surface area contributed by atoms with Crippen molar-refractivity contribution in [2.75, 3.05) is 0 Å². The average molecular weight is 269 g/mol. The normalized spacial score (nSPS) is 12.4. The summed E-state index contributed by atoms with van der Waals surface area (Å²) in [5.41, 5.74) is 3.63. The van der Waals surface area contributed by atoms with Gasteiger partial charge in [-0.2, -0.15) is 0 Å². The summed E-state index contributed by atoms with van der Waals surface area (Å²) in [5, 5.41) is 10.1. The number of carbonyl (C=O) groups is 1. The second kappa shape index (κ2) is 5.78. The Balaban J connectivity index is 2.61. The Morgan fingerprint density at radius 3 is 2.70 bits per heavy atom. The van der Waals surface area contributed by atoms with Crippen molar-refractivity contribution in [3.63, 3.8) is 0 Å². The highest BCUT2D eigenvalue weighted by molar-refractivity contribution is 5.94. The molecule has 104 valence electrons. The van der Waals surface area contributed by atoms with Gasteiger partial charge in [0.2, 0.25) is 0 Å². The predicted octanol–water partition coefficient (Wildman–Crippen LogP) is 4.25. The average Bonchev–Trinajstić information content (AvgIpc) is 2.77. The number of hydrogen-bond donors (Lipinski definition) is 1. The lowest BCUT2D eigenvalue weighted by atomic mass is 10.1. The molecule has 1 aromatic carbocycles. The zero-order valence-corrected chi connectivity index (χ0v) is 12.1. The summed E-state index contributed by atoms with van der Waals surface area (Å²) < 4.78 is 2.06. The molecule has 0 aliphatic rings. The molecule has 0 aliphatic carbocycles. The third kappa shape index (κ3) is 2.52. The molecule has 0 unspecified atom stereocenters. The van der Waals surface area contributed by atoms with Crippen LogP contribution in [0.4, 0.5) is 0 Å². The second-order valence-electron chi connectivity index (χ2n) is 4.74. The highest BCUT2D eigenvalue weighted by Gasteiger charge is 2.11. The van der Waals surface area contributed by atoms with E-state index in [4.69, 9.17) is 5.11 Å². The van der Waals surface area contributed by atoms with Crippen LogP contribution in [0.3, 0.4) is 0 Å². The third-order valence-corrected chi connectivity index (χ3v) is 3.49. The first-order valence-electron chi connectivity index (χ1n) is 6.73. The van der Waals surface area contributed by atoms with E-state index < -0.39 is 5.97 Å². The van der Waals surface area contributed by atoms with E-state index in [2.05, 4.69) is 23.6 Å². The molecule has 1 N–H and O–H groups in total. The van der Waals surface area contributed by atoms with Gasteiger partial charge in [-0.3, -0.25) is 0 Å². The first kappa shape index (κ1) is 14.1. The van der Waals surface area contributed by atoms with Crippen LogP contribution < -0.4 is 0 Å². The van der Waals surface area contributed by atoms with Crippen LogP contribution in [0.5, 0.6) is 0 Å². The van der Waals surface area contributed by atoms with Gasteiger partial charge in [-0.1, -0.05) is 31.2 Å². The maximum absolute atomic E-state index is 11.1. The summed E-state index contributed by atoms with van der Waals surface area (Å²) in [4.78, 5) is 11.1. The molecule has 20 heavy (non-hydrogen) atoms. The first-order chi connectivity index (χ1) is 9.58. The van der Waals surface area contributed by atoms with E-state index in [1.165, 1.54) is 5.57 Å². The number of carboxylic acids is 1. The van der Waals surface area contributed by atoms with Gasteiger partial charge in [-0.15, -0.1) is 0 Å². The minimum Gasteiger partial charge on any atom is -0.478 e. The Morgan fingerprint density at radius 1 is 1.35 bits per heavy atom. The number of hydrogen-bond acceptors (Lipinski definition) is 1. The number of rotatable bonds is 4. The largest absolute Gasteiger partial charge is 0.478 e. The molecule has 2 rings (SSSR count). The van der Waals surface area contributed by atoms with E-state index in [0.717, 1.165) is 23.0 Å². The van der Waals surface area contributed by atoms with E-state index >= 15 is 0 Å². The second-order valence-corrected chi connectivity index (χ2v) is 4.74. The van der Waals surface area contributed by atoms with E-state index in [-0.39, 0.29) is 0 Å². The van der Waals surface area contributed by atoms with Crippen molar-refractivity contribution in [1.29, 1.82) is 0 Å². The van der Waals surface area contributed by atoms with Gasteiger partial charge in [0, 0.05) is 23.6 Å². The molecule has 0 bridgehead atoms. The minimum atomic E-state index is -0.894. The van der Waals surface area contributed by atoms with Gasteiger partial charge in [0.25, 0.3) is 0 Å². The monoisotopic (exact) mass is 269 g/mol. The standard InChI is InChI=1S/C17H19NO2/c1-4-6-7-12(5-2)15-10-13-8-9-14(17(19)20)11-16(13)18(15)3/h4,6-11H,5H2,1-3H3,(H,19,20)/b6-4-,12-7+. The molecule has 0 saturated heterocycles. The Hall–Kier alpha value is -2.29. The number of nitrogens with zero attached hydrogens (tertiary/aromatic N) is 1. The summed E-state index contributed by atoms with van der Waals surface area (Å²) in [7, 11) is 1.97. The Labute approximate surface area is 118 Å². The van der Waals surface area contributed by atoms with Crippen molar-refractivity contribution in [1.82, 2.24) is 4.57 Å². The lowest BCUT2D eigenvalue weighted by molar-refractivity contribution is 0.0697. The zero-order valence-electron chi connectivity index (χ0n) is 12.1. The number of carboxylic acid groups (broad SMARTS) is 1. The molecule has 0 spiro atoms. The highest BCUT2D eigenvalue weighted by Crippen LogP contribution is 2.26. The Bertz CT molecular complexity index is 705. The van der Waals surface area contributed by atoms with Crippen LogP contribution in [0.25, 0.3) is 16.5 Å². The maximum Gasteiger partial charge on any atom is 0.335 e. The molecular formula is C17H19NO2. The molecule has 0 saturated carbocycles. The van der Waals surface area contributed by atoms with Crippen LogP contribution in [-0.4, -0.2) is 15.6 Å². The third-order valence-electron chi connectivity index (χ3n) is 3.49. The van der Waals surface area contributed by atoms with Gasteiger partial charge in [-0.25, -0.2) is 4.79 Å². The van der Waals surface area contributed by atoms with Crippen molar-refractivity contribution in [2.45, 2.75) is 20.3 Å². The number of fused-ring (bicyclic) bond motifs is 1. The molecule has 0 amide bonds. The fraction of sp³-hybridized carbons (Fsp3) is 0.235. The van der Waals surface area contributed by atoms with Crippen LogP contribution in [-0.2, 0) is 7.05 Å². The summed E-state index contributed by atoms with van der Waals surface area (Å²) >= 11 is 0. The smallest absolute Gasteiger partial charge is 0.335 e. The van der Waals surface area contributed by atoms with Crippen molar-refractivity contribution in [3.05, 3.63) is 53.8 Å². The topological polar surface area (TPSA) is 42.2 Å². The fourth-order valence-electron chi connectivity index (χ4n) is 2.37. The van der Waals surface area contributed by atoms with Crippen LogP contribution >= 0.6 is 0 Å². The van der Waals surface area contributed by atoms with E-state index in [9.17, 15) is 4.79 Å². The van der Waals surface area contributed by atoms with E-state index in [1.807, 2.05) is 32.2 Å². The maximum atomic E-state index is 11.1. The predicted molar refractivity (Wildman–Crippen MR) is 83.0 cm³/mol. The van der Waals surface area contributed by atoms with Crippen LogP contribution in [0.15, 0.2) is 42.5 Å². The summed E-state index contributed by atoms with van der Waals surface area (Å²) in [5.74, 6) is -0.894. The SMILES string of the molecule is C/C=C\C=C(/CC)c1cc2ccc(C(=O)O)cc2n1C. The molecule has 3 heteroatoms. The fourth-order valence-corrected chi connectivity index (χ4v) is 2.37. The molecule has 0 atom stereocenters. The summed E-state index contributed by atoms with van der Waals surface area (Å²) in [6.45, 7) is 4.11. The number of aryl methyl sites for hydroxylation is 1. The summed E-state index contributed by atoms with van der Waals surface area (Å²) in [6, 6.07) is 7.35. The molecule has 1 heterocycles. The number of aromatic carboxylic acids is 1. The van der Waals surface area contributed by atoms with Crippen molar-refractivity contribution >= 4 is 22.4 Å². The molecule has 2 aromatic rings. The molecule has 3 nitrogen and oxygen atoms in total. The van der Waals surface area contributed by atoms with Crippen LogP contribution in [0, 0.1) is 0 Å². The Kier molecular flexibility index (Phi) is 4.08. The highest BCUT2D eigenvalue weighted by atomic mass is 16.4. The molecule has 1 aromatic heterocycles. The lowest BCUT2D eigenvalue weighted by Gasteiger charge is -2.06. The van der Waals surface area contributed by atoms with Crippen molar-refractivity contribution in [2.24, 2.45) is 7.05 Å². The van der Waals surface area contributed by atoms with Gasteiger partial charge in [0.1, 0.15) is 0 Å². The molecule has 0 radical (unpaired) electrons. The zero-order chi connectivity index (χ0) is 14.7. The first-order valence-corrected chi connectivity index (χ1v) is 6.73. The summed E-state index contributed by atoms with van der Waals surface area (Å²) in [6.07, 6.45) is 7.06. The van der Waals surface area contributed by atoms with Crippen molar-refractivity contribution in [3.8, 4) is 0 Å². The number of benzene rings is 1. The van der Waals surface area contributed by atoms with Gasteiger partial charge in [0.15, 0.2) is 0 Å². The molecule has 0 fully saturated rings. The van der Waals surface area contributed by atoms with Gasteiger partial charge >= 0.3 is 5.97 Å². The number of allylic oxidation sites excluding steroid dienone is 4.